The number of hydrogen-bond acceptors (Lipinski definition) is 2. The van der Waals surface area contributed by atoms with Crippen molar-refractivity contribution in [1.29, 1.82) is 0 Å². The van der Waals surface area contributed by atoms with Crippen LogP contribution in [0.1, 0.15) is 50.3 Å². The number of carboxylic acid groups (broad SMARTS) is 1. The number of nitrogens with zero attached hydrogens (tertiary/aromatic N) is 2. The van der Waals surface area contributed by atoms with E-state index in [1.165, 1.54) is 0 Å². The number of benzene rings is 2. The van der Waals surface area contributed by atoms with Gasteiger partial charge in [0, 0.05) is 29.2 Å². The molecule has 0 spiro atoms. The van der Waals surface area contributed by atoms with Gasteiger partial charge in [-0.25, -0.2) is 4.79 Å². The van der Waals surface area contributed by atoms with Crippen molar-refractivity contribution < 1.29 is 9.90 Å². The van der Waals surface area contributed by atoms with Gasteiger partial charge in [-0.3, -0.25) is 13.9 Å². The molecular formula is C25H29N3O3. The molecule has 6 nitrogen and oxygen atoms in total. The van der Waals surface area contributed by atoms with Crippen molar-refractivity contribution in [2.24, 2.45) is 5.92 Å². The zero-order valence-electron chi connectivity index (χ0n) is 18.3. The molecule has 0 aliphatic rings. The minimum Gasteiger partial charge on any atom is -0.481 e. The fourth-order valence-electron chi connectivity index (χ4n) is 4.61. The van der Waals surface area contributed by atoms with Gasteiger partial charge in [0.25, 0.3) is 0 Å². The standard InChI is InChI=1S/C25H29N3O3/c1-4-5-10-18(24(29)30)15-27-21-12-6-7-13-22(21)28(25(27)31)17(3)19-14-26-20-11-8-9-16(2)23(19)20/h6-9,11-14,17-18,26H,4-5,10,15H2,1-3H3,(H,29,30). The molecule has 4 aromatic rings. The Morgan fingerprint density at radius 2 is 1.87 bits per heavy atom. The predicted molar refractivity (Wildman–Crippen MR) is 124 cm³/mol. The molecule has 0 bridgehead atoms. The van der Waals surface area contributed by atoms with Crippen LogP contribution in [-0.2, 0) is 11.3 Å². The summed E-state index contributed by atoms with van der Waals surface area (Å²) in [7, 11) is 0. The van der Waals surface area contributed by atoms with Gasteiger partial charge in [0.05, 0.1) is 23.0 Å². The van der Waals surface area contributed by atoms with E-state index in [1.807, 2.05) is 56.4 Å². The number of H-pyrrole nitrogens is 1. The number of carbonyl (C=O) groups is 1. The van der Waals surface area contributed by atoms with Crippen LogP contribution in [0.15, 0.2) is 53.5 Å². The van der Waals surface area contributed by atoms with Crippen LogP contribution in [0.25, 0.3) is 21.9 Å². The maximum Gasteiger partial charge on any atom is 0.329 e. The van der Waals surface area contributed by atoms with Crippen LogP contribution in [0, 0.1) is 12.8 Å². The second kappa shape index (κ2) is 8.46. The van der Waals surface area contributed by atoms with Crippen molar-refractivity contribution in [2.45, 2.75) is 52.6 Å². The highest BCUT2D eigenvalue weighted by Crippen LogP contribution is 2.30. The summed E-state index contributed by atoms with van der Waals surface area (Å²) in [5, 5.41) is 10.8. The summed E-state index contributed by atoms with van der Waals surface area (Å²) in [4.78, 5) is 28.8. The quantitative estimate of drug-likeness (QED) is 0.417. The first-order valence-corrected chi connectivity index (χ1v) is 10.9. The Hall–Kier alpha value is -3.28. The van der Waals surface area contributed by atoms with Crippen molar-refractivity contribution in [2.75, 3.05) is 0 Å². The number of carboxylic acids is 1. The number of rotatable bonds is 8. The Bertz CT molecular complexity index is 1290. The molecule has 2 N–H and O–H groups in total. The number of para-hydroxylation sites is 2. The lowest BCUT2D eigenvalue weighted by molar-refractivity contribution is -0.142. The summed E-state index contributed by atoms with van der Waals surface area (Å²) >= 11 is 0. The first kappa shape index (κ1) is 21.0. The average molecular weight is 420 g/mol. The Morgan fingerprint density at radius 3 is 2.58 bits per heavy atom. The van der Waals surface area contributed by atoms with Gasteiger partial charge >= 0.3 is 11.7 Å². The van der Waals surface area contributed by atoms with Crippen LogP contribution in [0.2, 0.25) is 0 Å². The van der Waals surface area contributed by atoms with Crippen molar-refractivity contribution in [3.05, 3.63) is 70.3 Å². The van der Waals surface area contributed by atoms with E-state index >= 15 is 0 Å². The third-order valence-electron chi connectivity index (χ3n) is 6.31. The molecule has 0 fully saturated rings. The van der Waals surface area contributed by atoms with Crippen molar-refractivity contribution in [3.63, 3.8) is 0 Å². The first-order valence-electron chi connectivity index (χ1n) is 10.9. The topological polar surface area (TPSA) is 80.0 Å². The molecule has 0 amide bonds. The minimum absolute atomic E-state index is 0.167. The molecule has 162 valence electrons. The second-order valence-corrected chi connectivity index (χ2v) is 8.35. The van der Waals surface area contributed by atoms with Crippen molar-refractivity contribution in [3.8, 4) is 0 Å². The SMILES string of the molecule is CCCCC(Cn1c(=O)n(C(C)c2c[nH]c3cccc(C)c23)c2ccccc21)C(=O)O. The number of nitrogens with one attached hydrogen (secondary N) is 1. The molecule has 0 saturated carbocycles. The van der Waals surface area contributed by atoms with Crippen molar-refractivity contribution >= 4 is 27.9 Å². The van der Waals surface area contributed by atoms with Crippen LogP contribution in [0.4, 0.5) is 0 Å². The fourth-order valence-corrected chi connectivity index (χ4v) is 4.61. The molecule has 0 saturated heterocycles. The number of unbranched alkanes of at least 4 members (excludes halogenated alkanes) is 1. The zero-order valence-corrected chi connectivity index (χ0v) is 18.3. The van der Waals surface area contributed by atoms with E-state index in [0.29, 0.717) is 6.42 Å². The molecular weight excluding hydrogens is 390 g/mol. The van der Waals surface area contributed by atoms with E-state index in [0.717, 1.165) is 45.9 Å². The molecule has 0 radical (unpaired) electrons. The Kier molecular flexibility index (Phi) is 5.72. The highest BCUT2D eigenvalue weighted by atomic mass is 16.4. The highest BCUT2D eigenvalue weighted by Gasteiger charge is 2.25. The number of hydrogen-bond donors (Lipinski definition) is 2. The van der Waals surface area contributed by atoms with E-state index in [1.54, 1.807) is 9.13 Å². The Morgan fingerprint density at radius 1 is 1.13 bits per heavy atom. The van der Waals surface area contributed by atoms with Crippen molar-refractivity contribution in [1.82, 2.24) is 14.1 Å². The fraction of sp³-hybridized carbons (Fsp3) is 0.360. The average Bonchev–Trinajstić information content (AvgIpc) is 3.30. The van der Waals surface area contributed by atoms with Crippen LogP contribution in [0.5, 0.6) is 0 Å². The third-order valence-corrected chi connectivity index (χ3v) is 6.31. The number of aromatic amines is 1. The monoisotopic (exact) mass is 419 g/mol. The van der Waals surface area contributed by atoms with Crippen LogP contribution < -0.4 is 5.69 Å². The predicted octanol–water partition coefficient (Wildman–Crippen LogP) is 5.09. The largest absolute Gasteiger partial charge is 0.481 e. The Labute approximate surface area is 181 Å². The number of aliphatic carboxylic acids is 1. The van der Waals surface area contributed by atoms with Gasteiger partial charge in [0.2, 0.25) is 0 Å². The van der Waals surface area contributed by atoms with Gasteiger partial charge in [-0.05, 0) is 44.0 Å². The van der Waals surface area contributed by atoms with E-state index in [2.05, 4.69) is 18.0 Å². The Balaban J connectivity index is 1.85. The third kappa shape index (κ3) is 3.67. The van der Waals surface area contributed by atoms with Gasteiger partial charge in [0.1, 0.15) is 0 Å². The van der Waals surface area contributed by atoms with Gasteiger partial charge in [-0.15, -0.1) is 0 Å². The highest BCUT2D eigenvalue weighted by molar-refractivity contribution is 5.87. The van der Waals surface area contributed by atoms with Crippen LogP contribution in [0.3, 0.4) is 0 Å². The summed E-state index contributed by atoms with van der Waals surface area (Å²) < 4.78 is 3.44. The smallest absolute Gasteiger partial charge is 0.329 e. The number of fused-ring (bicyclic) bond motifs is 2. The summed E-state index contributed by atoms with van der Waals surface area (Å²) in [6, 6.07) is 13.6. The van der Waals surface area contributed by atoms with Gasteiger partial charge in [0.15, 0.2) is 0 Å². The second-order valence-electron chi connectivity index (χ2n) is 8.35. The number of aryl methyl sites for hydroxylation is 1. The molecule has 2 aromatic carbocycles. The molecule has 2 unspecified atom stereocenters. The first-order chi connectivity index (χ1) is 14.9. The maximum atomic E-state index is 13.6. The van der Waals surface area contributed by atoms with E-state index in [4.69, 9.17) is 0 Å². The van der Waals surface area contributed by atoms with Crippen LogP contribution in [-0.4, -0.2) is 25.2 Å². The number of imidazole rings is 1. The summed E-state index contributed by atoms with van der Waals surface area (Å²) in [5.74, 6) is -1.43. The minimum atomic E-state index is -0.850. The number of aromatic nitrogens is 3. The summed E-state index contributed by atoms with van der Waals surface area (Å²) in [6.07, 6.45) is 4.30. The van der Waals surface area contributed by atoms with Gasteiger partial charge in [-0.2, -0.15) is 0 Å². The molecule has 6 heteroatoms. The summed E-state index contributed by atoms with van der Waals surface area (Å²) in [5.41, 5.74) is 4.69. The molecule has 2 atom stereocenters. The van der Waals surface area contributed by atoms with Gasteiger partial charge in [-0.1, -0.05) is 44.0 Å². The molecule has 2 aromatic heterocycles. The molecule has 0 aliphatic carbocycles. The van der Waals surface area contributed by atoms with Gasteiger partial charge < -0.3 is 10.1 Å². The molecule has 2 heterocycles. The lowest BCUT2D eigenvalue weighted by Crippen LogP contribution is -2.31. The molecule has 0 aliphatic heterocycles. The van der Waals surface area contributed by atoms with E-state index in [-0.39, 0.29) is 18.3 Å². The van der Waals surface area contributed by atoms with Crippen LogP contribution >= 0.6 is 0 Å². The maximum absolute atomic E-state index is 13.6. The van der Waals surface area contributed by atoms with E-state index in [9.17, 15) is 14.7 Å². The summed E-state index contributed by atoms with van der Waals surface area (Å²) in [6.45, 7) is 6.33. The lowest BCUT2D eigenvalue weighted by atomic mass is 10.0. The lowest BCUT2D eigenvalue weighted by Gasteiger charge is -2.15. The normalized spacial score (nSPS) is 13.6. The molecule has 4 rings (SSSR count). The van der Waals surface area contributed by atoms with E-state index < -0.39 is 11.9 Å². The zero-order chi connectivity index (χ0) is 22.1. The molecule has 31 heavy (non-hydrogen) atoms.